The Labute approximate surface area is 165 Å². The Hall–Kier alpha value is -2.63. The summed E-state index contributed by atoms with van der Waals surface area (Å²) >= 11 is 0. The summed E-state index contributed by atoms with van der Waals surface area (Å²) in [7, 11) is 0. The van der Waals surface area contributed by atoms with E-state index in [1.54, 1.807) is 6.20 Å². The molecule has 148 valence electrons. The second-order valence-electron chi connectivity index (χ2n) is 8.17. The second-order valence-corrected chi connectivity index (χ2v) is 8.17. The number of rotatable bonds is 5. The smallest absolute Gasteiger partial charge is 0.410 e. The van der Waals surface area contributed by atoms with Gasteiger partial charge in [-0.1, -0.05) is 30.3 Å². The van der Waals surface area contributed by atoms with Crippen molar-refractivity contribution in [1.82, 2.24) is 14.7 Å². The van der Waals surface area contributed by atoms with Gasteiger partial charge in [0.2, 0.25) is 0 Å². The highest BCUT2D eigenvalue weighted by atomic mass is 16.6. The highest BCUT2D eigenvalue weighted by Crippen LogP contribution is 2.40. The summed E-state index contributed by atoms with van der Waals surface area (Å²) in [6.45, 7) is 4.37. The van der Waals surface area contributed by atoms with Crippen LogP contribution in [0.4, 0.5) is 4.79 Å². The van der Waals surface area contributed by atoms with Crippen molar-refractivity contribution in [3.8, 4) is 0 Å². The zero-order valence-corrected chi connectivity index (χ0v) is 16.5. The van der Waals surface area contributed by atoms with Crippen LogP contribution in [0.3, 0.4) is 0 Å². The number of aromatic nitrogens is 2. The molecule has 2 fully saturated rings. The van der Waals surface area contributed by atoms with E-state index in [0.29, 0.717) is 18.4 Å². The monoisotopic (exact) mass is 381 g/mol. The van der Waals surface area contributed by atoms with Gasteiger partial charge in [-0.15, -0.1) is 0 Å². The topological polar surface area (TPSA) is 64.4 Å². The summed E-state index contributed by atoms with van der Waals surface area (Å²) in [4.78, 5) is 27.5. The maximum atomic E-state index is 13.0. The molecule has 1 aromatic carbocycles. The number of nitrogens with zero attached hydrogens (tertiary/aromatic N) is 3. The highest BCUT2D eigenvalue weighted by Gasteiger charge is 2.46. The van der Waals surface area contributed by atoms with E-state index >= 15 is 0 Å². The predicted molar refractivity (Wildman–Crippen MR) is 105 cm³/mol. The van der Waals surface area contributed by atoms with Crippen molar-refractivity contribution in [1.29, 1.82) is 0 Å². The molecule has 0 saturated carbocycles. The molecule has 3 heterocycles. The van der Waals surface area contributed by atoms with Crippen LogP contribution in [0.2, 0.25) is 0 Å². The molecule has 0 N–H and O–H groups in total. The van der Waals surface area contributed by atoms with Crippen molar-refractivity contribution in [2.45, 2.75) is 64.3 Å². The van der Waals surface area contributed by atoms with Gasteiger partial charge in [0.05, 0.1) is 11.8 Å². The molecule has 2 aromatic rings. The Balaban J connectivity index is 1.38. The van der Waals surface area contributed by atoms with Crippen molar-refractivity contribution >= 4 is 11.9 Å². The molecule has 28 heavy (non-hydrogen) atoms. The summed E-state index contributed by atoms with van der Waals surface area (Å²) in [5.74, 6) is 0.113. The first-order valence-electron chi connectivity index (χ1n) is 10.1. The molecule has 6 heteroatoms. The van der Waals surface area contributed by atoms with Gasteiger partial charge in [0, 0.05) is 30.2 Å². The molecule has 1 aromatic heterocycles. The van der Waals surface area contributed by atoms with Crippen molar-refractivity contribution in [2.24, 2.45) is 5.92 Å². The molecule has 2 saturated heterocycles. The number of hydrogen-bond donors (Lipinski definition) is 0. The molecular weight excluding hydrogens is 354 g/mol. The molecule has 1 amide bonds. The van der Waals surface area contributed by atoms with E-state index in [9.17, 15) is 9.59 Å². The van der Waals surface area contributed by atoms with Gasteiger partial charge in [-0.3, -0.25) is 9.48 Å². The van der Waals surface area contributed by atoms with Crippen molar-refractivity contribution in [3.05, 3.63) is 53.9 Å². The third-order valence-electron chi connectivity index (χ3n) is 5.93. The van der Waals surface area contributed by atoms with Gasteiger partial charge in [-0.2, -0.15) is 5.10 Å². The standard InChI is InChI=1S/C22H27N3O3/c1-15(2)24-13-18(12-23-24)21(26)17-10-19-8-9-20(11-17)25(19)22(27)28-14-16-6-4-3-5-7-16/h3-7,12-13,15,17,19-20H,8-11,14H2,1-2H3. The third kappa shape index (κ3) is 3.68. The van der Waals surface area contributed by atoms with Crippen LogP contribution in [-0.4, -0.2) is 38.6 Å². The van der Waals surface area contributed by atoms with Crippen molar-refractivity contribution in [3.63, 3.8) is 0 Å². The maximum Gasteiger partial charge on any atom is 0.410 e. The van der Waals surface area contributed by atoms with Gasteiger partial charge in [0.15, 0.2) is 5.78 Å². The van der Waals surface area contributed by atoms with Crippen LogP contribution in [0.15, 0.2) is 42.7 Å². The van der Waals surface area contributed by atoms with Gasteiger partial charge >= 0.3 is 6.09 Å². The lowest BCUT2D eigenvalue weighted by Gasteiger charge is -2.37. The van der Waals surface area contributed by atoms with Crippen LogP contribution in [0, 0.1) is 5.92 Å². The maximum absolute atomic E-state index is 13.0. The summed E-state index contributed by atoms with van der Waals surface area (Å²) < 4.78 is 7.36. The van der Waals surface area contributed by atoms with E-state index < -0.39 is 0 Å². The van der Waals surface area contributed by atoms with E-state index in [1.807, 2.05) is 60.0 Å². The lowest BCUT2D eigenvalue weighted by molar-refractivity contribution is 0.0485. The Bertz CT molecular complexity index is 832. The molecular formula is C22H27N3O3. The summed E-state index contributed by atoms with van der Waals surface area (Å²) in [5.41, 5.74) is 1.66. The number of ketones is 1. The van der Waals surface area contributed by atoms with Crippen molar-refractivity contribution in [2.75, 3.05) is 0 Å². The zero-order valence-electron chi connectivity index (χ0n) is 16.5. The fraction of sp³-hybridized carbons (Fsp3) is 0.500. The Kier molecular flexibility index (Phi) is 5.20. The van der Waals surface area contributed by atoms with Gasteiger partial charge in [0.25, 0.3) is 0 Å². The SMILES string of the molecule is CC(C)n1cc(C(=O)C2CC3CCC(C2)N3C(=O)OCc2ccccc2)cn1. The Morgan fingerprint density at radius 2 is 1.82 bits per heavy atom. The number of piperidine rings is 1. The number of amides is 1. The molecule has 2 bridgehead atoms. The molecule has 2 aliphatic rings. The number of benzene rings is 1. The van der Waals surface area contributed by atoms with E-state index in [2.05, 4.69) is 5.10 Å². The minimum Gasteiger partial charge on any atom is -0.445 e. The van der Waals surface area contributed by atoms with Gasteiger partial charge in [-0.05, 0) is 45.1 Å². The minimum absolute atomic E-state index is 0.0412. The average Bonchev–Trinajstić information content (AvgIpc) is 3.29. The second kappa shape index (κ2) is 7.78. The molecule has 0 aliphatic carbocycles. The predicted octanol–water partition coefficient (Wildman–Crippen LogP) is 4.23. The van der Waals surface area contributed by atoms with E-state index in [4.69, 9.17) is 4.74 Å². The lowest BCUT2D eigenvalue weighted by atomic mass is 9.85. The molecule has 2 unspecified atom stereocenters. The number of fused-ring (bicyclic) bond motifs is 2. The number of carbonyl (C=O) groups excluding carboxylic acids is 2. The minimum atomic E-state index is -0.255. The first kappa shape index (κ1) is 18.7. The molecule has 0 spiro atoms. The number of carbonyl (C=O) groups is 2. The number of ether oxygens (including phenoxy) is 1. The number of Topliss-reactive ketones (excluding diaryl/α,β-unsaturated/α-hetero) is 1. The highest BCUT2D eigenvalue weighted by molar-refractivity contribution is 5.97. The van der Waals surface area contributed by atoms with Crippen molar-refractivity contribution < 1.29 is 14.3 Å². The molecule has 0 radical (unpaired) electrons. The van der Waals surface area contributed by atoms with Crippen LogP contribution >= 0.6 is 0 Å². The Morgan fingerprint density at radius 1 is 1.14 bits per heavy atom. The molecule has 4 rings (SSSR count). The fourth-order valence-corrected chi connectivity index (χ4v) is 4.47. The van der Waals surface area contributed by atoms with Crippen LogP contribution < -0.4 is 0 Å². The van der Waals surface area contributed by atoms with Gasteiger partial charge < -0.3 is 9.64 Å². The fourth-order valence-electron chi connectivity index (χ4n) is 4.47. The van der Waals surface area contributed by atoms with Crippen LogP contribution in [0.1, 0.15) is 61.5 Å². The first-order valence-corrected chi connectivity index (χ1v) is 10.1. The average molecular weight is 381 g/mol. The van der Waals surface area contributed by atoms with Gasteiger partial charge in [-0.25, -0.2) is 4.79 Å². The van der Waals surface area contributed by atoms with Crippen LogP contribution in [-0.2, 0) is 11.3 Å². The lowest BCUT2D eigenvalue weighted by Crippen LogP contribution is -2.48. The third-order valence-corrected chi connectivity index (χ3v) is 5.93. The summed E-state index contributed by atoms with van der Waals surface area (Å²) in [6, 6.07) is 10.1. The molecule has 2 aliphatic heterocycles. The normalized spacial score (nSPS) is 23.8. The first-order chi connectivity index (χ1) is 13.5. The molecule has 6 nitrogen and oxygen atoms in total. The summed E-state index contributed by atoms with van der Waals surface area (Å²) in [6.07, 6.45) is 6.57. The van der Waals surface area contributed by atoms with E-state index in [0.717, 1.165) is 18.4 Å². The quantitative estimate of drug-likeness (QED) is 0.727. The van der Waals surface area contributed by atoms with Crippen LogP contribution in [0.5, 0.6) is 0 Å². The van der Waals surface area contributed by atoms with Crippen LogP contribution in [0.25, 0.3) is 0 Å². The van der Waals surface area contributed by atoms with Gasteiger partial charge in [0.1, 0.15) is 6.61 Å². The molecule has 2 atom stereocenters. The Morgan fingerprint density at radius 3 is 2.43 bits per heavy atom. The largest absolute Gasteiger partial charge is 0.445 e. The zero-order chi connectivity index (χ0) is 19.7. The van der Waals surface area contributed by atoms with E-state index in [-0.39, 0.29) is 42.5 Å². The van der Waals surface area contributed by atoms with E-state index in [1.165, 1.54) is 0 Å². The number of hydrogen-bond acceptors (Lipinski definition) is 4. The summed E-state index contributed by atoms with van der Waals surface area (Å²) in [5, 5.41) is 4.29.